The van der Waals surface area contributed by atoms with Crippen LogP contribution in [-0.4, -0.2) is 30.2 Å². The summed E-state index contributed by atoms with van der Waals surface area (Å²) in [5.74, 6) is 2.55. The van der Waals surface area contributed by atoms with Crippen molar-refractivity contribution in [2.24, 2.45) is 11.8 Å². The van der Waals surface area contributed by atoms with Crippen molar-refractivity contribution in [1.29, 1.82) is 0 Å². The Labute approximate surface area is 116 Å². The highest BCUT2D eigenvalue weighted by molar-refractivity contribution is 5.41. The van der Waals surface area contributed by atoms with Gasteiger partial charge >= 0.3 is 0 Å². The van der Waals surface area contributed by atoms with Crippen molar-refractivity contribution in [2.45, 2.75) is 33.2 Å². The van der Waals surface area contributed by atoms with E-state index in [1.807, 2.05) is 12.1 Å². The Morgan fingerprint density at radius 2 is 2.05 bits per heavy atom. The van der Waals surface area contributed by atoms with Crippen LogP contribution in [0.2, 0.25) is 0 Å². The van der Waals surface area contributed by atoms with Crippen LogP contribution in [0.5, 0.6) is 11.5 Å². The molecule has 1 fully saturated rings. The second-order valence-electron chi connectivity index (χ2n) is 5.84. The molecule has 1 saturated heterocycles. The molecule has 0 aliphatic carbocycles. The van der Waals surface area contributed by atoms with E-state index in [2.05, 4.69) is 25.7 Å². The molecule has 19 heavy (non-hydrogen) atoms. The first-order valence-electron chi connectivity index (χ1n) is 7.14. The van der Waals surface area contributed by atoms with E-state index >= 15 is 0 Å². The molecule has 0 amide bonds. The van der Waals surface area contributed by atoms with Crippen LogP contribution in [-0.2, 0) is 0 Å². The van der Waals surface area contributed by atoms with Crippen LogP contribution < -0.4 is 4.74 Å². The molecule has 1 aliphatic heterocycles. The van der Waals surface area contributed by atoms with Gasteiger partial charge in [0.15, 0.2) is 0 Å². The van der Waals surface area contributed by atoms with E-state index in [1.165, 1.54) is 6.42 Å². The van der Waals surface area contributed by atoms with Crippen LogP contribution in [0.25, 0.3) is 0 Å². The number of piperidine rings is 1. The van der Waals surface area contributed by atoms with Crippen LogP contribution in [0.15, 0.2) is 18.2 Å². The van der Waals surface area contributed by atoms with Crippen molar-refractivity contribution in [2.75, 3.05) is 20.2 Å². The zero-order chi connectivity index (χ0) is 14.0. The van der Waals surface area contributed by atoms with Gasteiger partial charge in [-0.15, -0.1) is 0 Å². The summed E-state index contributed by atoms with van der Waals surface area (Å²) >= 11 is 0. The Morgan fingerprint density at radius 3 is 2.63 bits per heavy atom. The fourth-order valence-corrected chi connectivity index (χ4v) is 2.85. The standard InChI is InChI=1S/C16H25NO2/c1-11-7-8-17(10-12(11)2)13(3)15-6-5-14(19-4)9-16(15)18/h5-6,9,11-13,18H,7-8,10H2,1-4H3. The Bertz CT molecular complexity index is 433. The second-order valence-corrected chi connectivity index (χ2v) is 5.84. The third-order valence-corrected chi connectivity index (χ3v) is 4.60. The predicted molar refractivity (Wildman–Crippen MR) is 77.6 cm³/mol. The maximum absolute atomic E-state index is 10.1. The fraction of sp³-hybridized carbons (Fsp3) is 0.625. The van der Waals surface area contributed by atoms with Crippen molar-refractivity contribution < 1.29 is 9.84 Å². The van der Waals surface area contributed by atoms with Gasteiger partial charge in [-0.3, -0.25) is 4.90 Å². The maximum atomic E-state index is 10.1. The summed E-state index contributed by atoms with van der Waals surface area (Å²) < 4.78 is 5.13. The van der Waals surface area contributed by atoms with E-state index in [1.54, 1.807) is 13.2 Å². The normalized spacial score (nSPS) is 26.1. The molecule has 3 unspecified atom stereocenters. The maximum Gasteiger partial charge on any atom is 0.124 e. The summed E-state index contributed by atoms with van der Waals surface area (Å²) in [7, 11) is 1.62. The van der Waals surface area contributed by atoms with Gasteiger partial charge in [0, 0.05) is 24.2 Å². The lowest BCUT2D eigenvalue weighted by molar-refractivity contribution is 0.102. The molecular formula is C16H25NO2. The summed E-state index contributed by atoms with van der Waals surface area (Å²) in [4.78, 5) is 2.46. The molecule has 3 heteroatoms. The van der Waals surface area contributed by atoms with Crippen molar-refractivity contribution in [3.8, 4) is 11.5 Å². The number of benzene rings is 1. The highest BCUT2D eigenvalue weighted by atomic mass is 16.5. The first-order valence-corrected chi connectivity index (χ1v) is 7.14. The summed E-state index contributed by atoms with van der Waals surface area (Å²) in [5.41, 5.74) is 0.988. The Kier molecular flexibility index (Phi) is 4.35. The van der Waals surface area contributed by atoms with E-state index in [-0.39, 0.29) is 6.04 Å². The van der Waals surface area contributed by atoms with Gasteiger partial charge in [0.25, 0.3) is 0 Å². The molecule has 1 aromatic carbocycles. The van der Waals surface area contributed by atoms with Crippen molar-refractivity contribution >= 4 is 0 Å². The third-order valence-electron chi connectivity index (χ3n) is 4.60. The molecule has 0 spiro atoms. The number of ether oxygens (including phenoxy) is 1. The molecule has 3 nitrogen and oxygen atoms in total. The average Bonchev–Trinajstić information content (AvgIpc) is 2.41. The summed E-state index contributed by atoms with van der Waals surface area (Å²) in [6, 6.07) is 5.84. The lowest BCUT2D eigenvalue weighted by Crippen LogP contribution is -2.39. The van der Waals surface area contributed by atoms with Crippen molar-refractivity contribution in [1.82, 2.24) is 4.90 Å². The number of hydrogen-bond donors (Lipinski definition) is 1. The van der Waals surface area contributed by atoms with Gasteiger partial charge in [-0.25, -0.2) is 0 Å². The smallest absolute Gasteiger partial charge is 0.124 e. The van der Waals surface area contributed by atoms with E-state index in [0.29, 0.717) is 11.5 Å². The zero-order valence-corrected chi connectivity index (χ0v) is 12.4. The lowest BCUT2D eigenvalue weighted by atomic mass is 9.87. The number of aromatic hydroxyl groups is 1. The molecule has 2 rings (SSSR count). The van der Waals surface area contributed by atoms with E-state index < -0.39 is 0 Å². The quantitative estimate of drug-likeness (QED) is 0.906. The molecule has 0 saturated carbocycles. The Morgan fingerprint density at radius 1 is 1.32 bits per heavy atom. The topological polar surface area (TPSA) is 32.7 Å². The van der Waals surface area contributed by atoms with Crippen LogP contribution in [0.4, 0.5) is 0 Å². The largest absolute Gasteiger partial charge is 0.507 e. The molecule has 0 bridgehead atoms. The number of methoxy groups -OCH3 is 1. The number of phenols is 1. The average molecular weight is 263 g/mol. The molecule has 106 valence electrons. The van der Waals surface area contributed by atoms with Gasteiger partial charge in [0.1, 0.15) is 11.5 Å². The number of phenolic OH excluding ortho intramolecular Hbond substituents is 1. The van der Waals surface area contributed by atoms with E-state index in [4.69, 9.17) is 4.74 Å². The Balaban J connectivity index is 2.13. The van der Waals surface area contributed by atoms with E-state index in [9.17, 15) is 5.11 Å². The third kappa shape index (κ3) is 3.03. The monoisotopic (exact) mass is 263 g/mol. The minimum atomic E-state index is 0.251. The van der Waals surface area contributed by atoms with Crippen LogP contribution in [0.1, 0.15) is 38.8 Å². The summed E-state index contributed by atoms with van der Waals surface area (Å²) in [6.07, 6.45) is 1.24. The van der Waals surface area contributed by atoms with Gasteiger partial charge in [0.05, 0.1) is 7.11 Å². The van der Waals surface area contributed by atoms with Gasteiger partial charge in [-0.1, -0.05) is 19.9 Å². The molecule has 1 N–H and O–H groups in total. The number of likely N-dealkylation sites (tertiary alicyclic amines) is 1. The molecule has 0 aromatic heterocycles. The van der Waals surface area contributed by atoms with Crippen LogP contribution in [0.3, 0.4) is 0 Å². The van der Waals surface area contributed by atoms with Crippen LogP contribution >= 0.6 is 0 Å². The fourth-order valence-electron chi connectivity index (χ4n) is 2.85. The first-order chi connectivity index (χ1) is 9.02. The number of nitrogens with zero attached hydrogens (tertiary/aromatic N) is 1. The molecule has 3 atom stereocenters. The van der Waals surface area contributed by atoms with Crippen molar-refractivity contribution in [3.05, 3.63) is 23.8 Å². The van der Waals surface area contributed by atoms with Gasteiger partial charge in [0.2, 0.25) is 0 Å². The summed E-state index contributed by atoms with van der Waals surface area (Å²) in [5, 5.41) is 10.1. The number of hydrogen-bond acceptors (Lipinski definition) is 3. The van der Waals surface area contributed by atoms with Gasteiger partial charge < -0.3 is 9.84 Å². The molecule has 1 aromatic rings. The molecule has 0 radical (unpaired) electrons. The Hall–Kier alpha value is -1.22. The second kappa shape index (κ2) is 5.83. The molecule has 1 heterocycles. The minimum Gasteiger partial charge on any atom is -0.507 e. The first kappa shape index (κ1) is 14.2. The zero-order valence-electron chi connectivity index (χ0n) is 12.4. The summed E-state index contributed by atoms with van der Waals surface area (Å²) in [6.45, 7) is 9.03. The SMILES string of the molecule is COc1ccc(C(C)N2CCC(C)C(C)C2)c(O)c1. The minimum absolute atomic E-state index is 0.251. The number of rotatable bonds is 3. The highest BCUT2D eigenvalue weighted by Crippen LogP contribution is 2.34. The molecule has 1 aliphatic rings. The highest BCUT2D eigenvalue weighted by Gasteiger charge is 2.27. The van der Waals surface area contributed by atoms with Gasteiger partial charge in [-0.05, 0) is 37.8 Å². The van der Waals surface area contributed by atoms with E-state index in [0.717, 1.165) is 30.5 Å². The van der Waals surface area contributed by atoms with Crippen molar-refractivity contribution in [3.63, 3.8) is 0 Å². The van der Waals surface area contributed by atoms with Crippen LogP contribution in [0, 0.1) is 11.8 Å². The predicted octanol–water partition coefficient (Wildman–Crippen LogP) is 3.44. The van der Waals surface area contributed by atoms with Gasteiger partial charge in [-0.2, -0.15) is 0 Å². The lowest BCUT2D eigenvalue weighted by Gasteiger charge is -2.39. The molecular weight excluding hydrogens is 238 g/mol.